The van der Waals surface area contributed by atoms with E-state index in [1.165, 1.54) is 7.11 Å². The summed E-state index contributed by atoms with van der Waals surface area (Å²) in [6, 6.07) is 18.6. The number of amides is 1. The summed E-state index contributed by atoms with van der Waals surface area (Å²) in [6.45, 7) is 7.07. The second-order valence-corrected chi connectivity index (χ2v) is 9.96. The molecule has 0 aromatic heterocycles. The zero-order chi connectivity index (χ0) is 24.8. The summed E-state index contributed by atoms with van der Waals surface area (Å²) in [5.41, 5.74) is -0.0656. The fourth-order valence-corrected chi connectivity index (χ4v) is 5.09. The molecular formula is C28H37NO5. The van der Waals surface area contributed by atoms with Crippen molar-refractivity contribution < 1.29 is 23.8 Å². The summed E-state index contributed by atoms with van der Waals surface area (Å²) in [5.74, 6) is -0.773. The highest BCUT2D eigenvalue weighted by atomic mass is 16.5. The molecule has 184 valence electrons. The molecule has 3 atom stereocenters. The smallest absolute Gasteiger partial charge is 0.328 e. The van der Waals surface area contributed by atoms with Crippen LogP contribution in [0.3, 0.4) is 0 Å². The lowest BCUT2D eigenvalue weighted by Crippen LogP contribution is -2.61. The van der Waals surface area contributed by atoms with E-state index in [2.05, 4.69) is 26.1 Å². The maximum atomic E-state index is 14.0. The maximum Gasteiger partial charge on any atom is 0.328 e. The molecule has 1 fully saturated rings. The Morgan fingerprint density at radius 3 is 2.06 bits per heavy atom. The predicted octanol–water partition coefficient (Wildman–Crippen LogP) is 4.32. The average molecular weight is 468 g/mol. The molecule has 0 saturated heterocycles. The molecule has 1 saturated carbocycles. The first-order valence-corrected chi connectivity index (χ1v) is 11.8. The van der Waals surface area contributed by atoms with E-state index in [9.17, 15) is 9.59 Å². The number of carbonyl (C=O) groups is 2. The van der Waals surface area contributed by atoms with Crippen LogP contribution < -0.4 is 5.32 Å². The molecule has 0 heterocycles. The summed E-state index contributed by atoms with van der Waals surface area (Å²) in [4.78, 5) is 26.7. The van der Waals surface area contributed by atoms with Gasteiger partial charge in [-0.2, -0.15) is 0 Å². The highest BCUT2D eigenvalue weighted by Crippen LogP contribution is 2.60. The van der Waals surface area contributed by atoms with Gasteiger partial charge in [-0.1, -0.05) is 81.4 Å². The van der Waals surface area contributed by atoms with E-state index in [1.807, 2.05) is 60.7 Å². The number of rotatable bonds is 10. The van der Waals surface area contributed by atoms with Crippen LogP contribution in [-0.2, 0) is 36.8 Å². The van der Waals surface area contributed by atoms with Gasteiger partial charge in [-0.15, -0.1) is 0 Å². The highest BCUT2D eigenvalue weighted by Gasteiger charge is 2.65. The quantitative estimate of drug-likeness (QED) is 0.527. The van der Waals surface area contributed by atoms with Crippen LogP contribution in [0.4, 0.5) is 0 Å². The van der Waals surface area contributed by atoms with Gasteiger partial charge in [0.25, 0.3) is 5.91 Å². The molecule has 0 bridgehead atoms. The Morgan fingerprint density at radius 2 is 1.50 bits per heavy atom. The second kappa shape index (κ2) is 10.7. The molecule has 1 aliphatic rings. The van der Waals surface area contributed by atoms with Crippen molar-refractivity contribution in [3.63, 3.8) is 0 Å². The van der Waals surface area contributed by atoms with Crippen LogP contribution in [0.5, 0.6) is 0 Å². The van der Waals surface area contributed by atoms with Gasteiger partial charge in [-0.3, -0.25) is 4.79 Å². The van der Waals surface area contributed by atoms with Crippen LogP contribution in [0.25, 0.3) is 0 Å². The molecule has 1 N–H and O–H groups in total. The van der Waals surface area contributed by atoms with Gasteiger partial charge in [-0.05, 0) is 29.4 Å². The van der Waals surface area contributed by atoms with Gasteiger partial charge in [0.2, 0.25) is 0 Å². The zero-order valence-electron chi connectivity index (χ0n) is 20.9. The van der Waals surface area contributed by atoms with Crippen LogP contribution in [0.2, 0.25) is 0 Å². The molecule has 3 rings (SSSR count). The predicted molar refractivity (Wildman–Crippen MR) is 131 cm³/mol. The lowest BCUT2D eigenvalue weighted by molar-refractivity contribution is -0.177. The third-order valence-electron chi connectivity index (χ3n) is 7.78. The van der Waals surface area contributed by atoms with E-state index in [0.29, 0.717) is 26.1 Å². The Bertz CT molecular complexity index is 961. The molecule has 0 aliphatic heterocycles. The summed E-state index contributed by atoms with van der Waals surface area (Å²) < 4.78 is 17.1. The van der Waals surface area contributed by atoms with Crippen LogP contribution in [0.15, 0.2) is 60.7 Å². The second-order valence-electron chi connectivity index (χ2n) is 9.96. The van der Waals surface area contributed by atoms with Gasteiger partial charge in [0.05, 0.1) is 20.3 Å². The first kappa shape index (κ1) is 25.9. The van der Waals surface area contributed by atoms with Gasteiger partial charge < -0.3 is 19.5 Å². The molecule has 34 heavy (non-hydrogen) atoms. The molecule has 1 amide bonds. The topological polar surface area (TPSA) is 73.9 Å². The van der Waals surface area contributed by atoms with Crippen molar-refractivity contribution in [1.29, 1.82) is 0 Å². The number of carbonyl (C=O) groups excluding carboxylic acids is 2. The lowest BCUT2D eigenvalue weighted by atomic mass is 9.63. The molecule has 0 radical (unpaired) electrons. The Kier molecular flexibility index (Phi) is 8.16. The van der Waals surface area contributed by atoms with Gasteiger partial charge in [0.15, 0.2) is 5.60 Å². The first-order chi connectivity index (χ1) is 16.2. The van der Waals surface area contributed by atoms with E-state index in [4.69, 9.17) is 14.2 Å². The maximum absolute atomic E-state index is 14.0. The minimum absolute atomic E-state index is 0.282. The van der Waals surface area contributed by atoms with Crippen molar-refractivity contribution in [2.75, 3.05) is 20.8 Å². The number of hydrogen-bond acceptors (Lipinski definition) is 5. The minimum Gasteiger partial charge on any atom is -0.467 e. The number of ether oxygens (including phenoxy) is 3. The molecule has 6 nitrogen and oxygen atoms in total. The largest absolute Gasteiger partial charge is 0.467 e. The number of esters is 1. The molecule has 6 heteroatoms. The van der Waals surface area contributed by atoms with E-state index in [0.717, 1.165) is 17.5 Å². The van der Waals surface area contributed by atoms with E-state index in [-0.39, 0.29) is 11.3 Å². The summed E-state index contributed by atoms with van der Waals surface area (Å²) >= 11 is 0. The van der Waals surface area contributed by atoms with E-state index >= 15 is 0 Å². The standard InChI is InChI=1S/C28H37NO5/c1-26(2)27(3,20-32-4)16-17-28(26,34-19-22-14-10-7-11-15-22)25(31)29-23(24(30)33-5)18-21-12-8-6-9-13-21/h6-15,23H,16-20H2,1-5H3,(H,29,31)/t23-,27-,28+/m0/s1. The van der Waals surface area contributed by atoms with Crippen molar-refractivity contribution in [3.8, 4) is 0 Å². The fourth-order valence-electron chi connectivity index (χ4n) is 5.09. The normalized spacial score (nSPS) is 24.4. The zero-order valence-corrected chi connectivity index (χ0v) is 20.9. The summed E-state index contributed by atoms with van der Waals surface area (Å²) in [7, 11) is 3.02. The number of methoxy groups -OCH3 is 2. The number of benzene rings is 2. The monoisotopic (exact) mass is 467 g/mol. The van der Waals surface area contributed by atoms with Crippen molar-refractivity contribution in [2.24, 2.45) is 10.8 Å². The number of nitrogens with one attached hydrogen (secondary N) is 1. The van der Waals surface area contributed by atoms with Crippen LogP contribution >= 0.6 is 0 Å². The Hall–Kier alpha value is -2.70. The van der Waals surface area contributed by atoms with Crippen LogP contribution in [0.1, 0.15) is 44.7 Å². The Balaban J connectivity index is 1.92. The molecule has 1 aliphatic carbocycles. The van der Waals surface area contributed by atoms with E-state index in [1.54, 1.807) is 7.11 Å². The molecular weight excluding hydrogens is 430 g/mol. The first-order valence-electron chi connectivity index (χ1n) is 11.8. The van der Waals surface area contributed by atoms with Crippen molar-refractivity contribution in [2.45, 2.75) is 58.3 Å². The van der Waals surface area contributed by atoms with Crippen LogP contribution in [0, 0.1) is 10.8 Å². The van der Waals surface area contributed by atoms with Gasteiger partial charge in [0.1, 0.15) is 6.04 Å². The summed E-state index contributed by atoms with van der Waals surface area (Å²) in [6.07, 6.45) is 1.62. The average Bonchev–Trinajstić information content (AvgIpc) is 3.04. The summed E-state index contributed by atoms with van der Waals surface area (Å²) in [5, 5.41) is 2.99. The van der Waals surface area contributed by atoms with Crippen molar-refractivity contribution >= 4 is 11.9 Å². The van der Waals surface area contributed by atoms with Gasteiger partial charge >= 0.3 is 5.97 Å². The third kappa shape index (κ3) is 5.03. The van der Waals surface area contributed by atoms with Crippen LogP contribution in [-0.4, -0.2) is 44.3 Å². The van der Waals surface area contributed by atoms with E-state index < -0.39 is 23.0 Å². The van der Waals surface area contributed by atoms with Crippen molar-refractivity contribution in [3.05, 3.63) is 71.8 Å². The SMILES string of the molecule is COC[C@]1(C)CC[C@@](OCc2ccccc2)(C(=O)N[C@@H](Cc2ccccc2)C(=O)OC)C1(C)C. The Labute approximate surface area is 203 Å². The van der Waals surface area contributed by atoms with Crippen molar-refractivity contribution in [1.82, 2.24) is 5.32 Å². The number of hydrogen-bond donors (Lipinski definition) is 1. The minimum atomic E-state index is -1.14. The molecule has 2 aromatic rings. The van der Waals surface area contributed by atoms with Gasteiger partial charge in [-0.25, -0.2) is 4.79 Å². The van der Waals surface area contributed by atoms with Gasteiger partial charge in [0, 0.05) is 18.9 Å². The fraction of sp³-hybridized carbons (Fsp3) is 0.500. The molecule has 0 unspecified atom stereocenters. The highest BCUT2D eigenvalue weighted by molar-refractivity contribution is 5.91. The molecule has 2 aromatic carbocycles. The third-order valence-corrected chi connectivity index (χ3v) is 7.78. The lowest BCUT2D eigenvalue weighted by Gasteiger charge is -2.47. The molecule has 0 spiro atoms. The Morgan fingerprint density at radius 1 is 0.912 bits per heavy atom.